The number of benzene rings is 2. The Morgan fingerprint density at radius 1 is 1.08 bits per heavy atom. The largest absolute Gasteiger partial charge is 0.387 e. The topological polar surface area (TPSA) is 32.7 Å². The maximum atomic E-state index is 13.7. The molecule has 1 aliphatic rings. The number of likely N-dealkylation sites (tertiary alicyclic amines) is 1. The van der Waals surface area contributed by atoms with E-state index in [0.29, 0.717) is 19.1 Å². The Labute approximate surface area is 146 Å². The second kappa shape index (κ2) is 8.52. The first-order valence-electron chi connectivity index (χ1n) is 8.59. The number of hydrogen-bond donors (Lipinski definition) is 1. The maximum Gasteiger partial charge on any atom is 0.131 e. The van der Waals surface area contributed by atoms with Crippen LogP contribution in [0.2, 0.25) is 0 Å². The molecule has 2 aromatic rings. The number of nitrogens with zero attached hydrogens (tertiary/aromatic N) is 1. The highest BCUT2D eigenvalue weighted by atomic mass is 19.1. The van der Waals surface area contributed by atoms with E-state index in [0.717, 1.165) is 25.1 Å². The van der Waals surface area contributed by atoms with E-state index in [-0.39, 0.29) is 12.1 Å². The molecule has 5 heteroatoms. The highest BCUT2D eigenvalue weighted by molar-refractivity contribution is 5.22. The molecule has 0 bridgehead atoms. The number of β-amino-alcohol motifs (C(OH)–C–C–N with tert-alkyl or cyclic N) is 1. The summed E-state index contributed by atoms with van der Waals surface area (Å²) < 4.78 is 33.3. The van der Waals surface area contributed by atoms with Crippen LogP contribution >= 0.6 is 0 Å². The summed E-state index contributed by atoms with van der Waals surface area (Å²) in [6, 6.07) is 13.6. The van der Waals surface area contributed by atoms with Crippen molar-refractivity contribution in [3.63, 3.8) is 0 Å². The number of aliphatic hydroxyl groups excluding tert-OH is 1. The molecule has 0 saturated carbocycles. The van der Waals surface area contributed by atoms with Gasteiger partial charge in [0.25, 0.3) is 0 Å². The predicted molar refractivity (Wildman–Crippen MR) is 92.0 cm³/mol. The van der Waals surface area contributed by atoms with Crippen LogP contribution in [-0.4, -0.2) is 36.2 Å². The first-order chi connectivity index (χ1) is 12.1. The Morgan fingerprint density at radius 2 is 1.80 bits per heavy atom. The summed E-state index contributed by atoms with van der Waals surface area (Å²) in [5, 5.41) is 10.2. The molecule has 25 heavy (non-hydrogen) atoms. The van der Waals surface area contributed by atoms with Gasteiger partial charge in [-0.15, -0.1) is 0 Å². The van der Waals surface area contributed by atoms with E-state index in [9.17, 15) is 13.9 Å². The van der Waals surface area contributed by atoms with Crippen molar-refractivity contribution in [3.05, 3.63) is 71.3 Å². The Hall–Kier alpha value is -1.82. The summed E-state index contributed by atoms with van der Waals surface area (Å²) in [7, 11) is 0. The van der Waals surface area contributed by atoms with Crippen LogP contribution in [0.15, 0.2) is 48.5 Å². The van der Waals surface area contributed by atoms with Crippen molar-refractivity contribution in [1.29, 1.82) is 0 Å². The van der Waals surface area contributed by atoms with E-state index >= 15 is 0 Å². The monoisotopic (exact) mass is 347 g/mol. The lowest BCUT2D eigenvalue weighted by atomic mass is 10.1. The number of rotatable bonds is 7. The smallest absolute Gasteiger partial charge is 0.131 e. The van der Waals surface area contributed by atoms with Crippen LogP contribution in [0.5, 0.6) is 0 Å². The van der Waals surface area contributed by atoms with E-state index in [1.807, 2.05) is 35.2 Å². The number of hydrogen-bond acceptors (Lipinski definition) is 3. The van der Waals surface area contributed by atoms with Crippen LogP contribution < -0.4 is 0 Å². The van der Waals surface area contributed by atoms with Gasteiger partial charge in [0.05, 0.1) is 24.9 Å². The molecule has 2 atom stereocenters. The van der Waals surface area contributed by atoms with E-state index in [1.54, 1.807) is 0 Å². The summed E-state index contributed by atoms with van der Waals surface area (Å²) in [4.78, 5) is 2.03. The number of halogens is 2. The van der Waals surface area contributed by atoms with Gasteiger partial charge in [0, 0.05) is 13.1 Å². The summed E-state index contributed by atoms with van der Waals surface area (Å²) in [6.45, 7) is 3.03. The molecule has 0 aromatic heterocycles. The van der Waals surface area contributed by atoms with Gasteiger partial charge in [-0.3, -0.25) is 0 Å². The van der Waals surface area contributed by atoms with Crippen LogP contribution in [0.25, 0.3) is 0 Å². The van der Waals surface area contributed by atoms with Gasteiger partial charge < -0.3 is 14.7 Å². The van der Waals surface area contributed by atoms with Crippen molar-refractivity contribution in [2.75, 3.05) is 26.2 Å². The molecule has 1 heterocycles. The molecular formula is C20H23F2NO2. The molecular weight excluding hydrogens is 324 g/mol. The van der Waals surface area contributed by atoms with E-state index in [1.165, 1.54) is 18.2 Å². The Balaban J connectivity index is 1.45. The molecule has 1 fully saturated rings. The normalized spacial score (nSPS) is 19.2. The molecule has 3 rings (SSSR count). The predicted octanol–water partition coefficient (Wildman–Crippen LogP) is 3.54. The van der Waals surface area contributed by atoms with Crippen molar-refractivity contribution in [2.45, 2.75) is 19.1 Å². The maximum absolute atomic E-state index is 13.7. The van der Waals surface area contributed by atoms with Crippen LogP contribution in [0.4, 0.5) is 8.78 Å². The lowest BCUT2D eigenvalue weighted by Gasteiger charge is -2.21. The third-order valence-corrected chi connectivity index (χ3v) is 4.60. The third kappa shape index (κ3) is 4.84. The van der Waals surface area contributed by atoms with Crippen LogP contribution in [-0.2, 0) is 11.3 Å². The fourth-order valence-corrected chi connectivity index (χ4v) is 3.30. The number of aliphatic hydroxyl groups is 1. The molecule has 0 radical (unpaired) electrons. The molecule has 134 valence electrons. The first kappa shape index (κ1) is 18.0. The Bertz CT molecular complexity index is 660. The summed E-state index contributed by atoms with van der Waals surface area (Å²) in [5.74, 6) is -1.02. The van der Waals surface area contributed by atoms with Crippen molar-refractivity contribution in [3.8, 4) is 0 Å². The van der Waals surface area contributed by atoms with Crippen LogP contribution in [0.3, 0.4) is 0 Å². The molecule has 0 amide bonds. The summed E-state index contributed by atoms with van der Waals surface area (Å²) in [6.07, 6.45) is -0.202. The van der Waals surface area contributed by atoms with Gasteiger partial charge in [-0.2, -0.15) is 0 Å². The zero-order chi connectivity index (χ0) is 17.6. The fourth-order valence-electron chi connectivity index (χ4n) is 3.30. The van der Waals surface area contributed by atoms with Gasteiger partial charge in [0.15, 0.2) is 0 Å². The van der Waals surface area contributed by atoms with Crippen LogP contribution in [0, 0.1) is 17.6 Å². The lowest BCUT2D eigenvalue weighted by Crippen LogP contribution is -2.28. The minimum atomic E-state index is -1.16. The van der Waals surface area contributed by atoms with Crippen molar-refractivity contribution < 1.29 is 18.6 Å². The quantitative estimate of drug-likeness (QED) is 0.832. The number of ether oxygens (including phenoxy) is 1. The molecule has 2 unspecified atom stereocenters. The molecule has 0 spiro atoms. The van der Waals surface area contributed by atoms with Crippen LogP contribution in [0.1, 0.15) is 23.7 Å². The highest BCUT2D eigenvalue weighted by Gasteiger charge is 2.26. The second-order valence-corrected chi connectivity index (χ2v) is 6.57. The second-order valence-electron chi connectivity index (χ2n) is 6.57. The zero-order valence-electron chi connectivity index (χ0n) is 14.1. The molecule has 1 N–H and O–H groups in total. The standard InChI is InChI=1S/C20H23F2NO2/c21-17-7-4-8-18(22)20(17)19(24)12-23-10-9-16(11-23)14-25-13-15-5-2-1-3-6-15/h1-8,16,19,24H,9-14H2. The van der Waals surface area contributed by atoms with Gasteiger partial charge in [-0.25, -0.2) is 8.78 Å². The molecule has 1 saturated heterocycles. The average molecular weight is 347 g/mol. The van der Waals surface area contributed by atoms with Crippen molar-refractivity contribution >= 4 is 0 Å². The molecule has 2 aromatic carbocycles. The Morgan fingerprint density at radius 3 is 2.52 bits per heavy atom. The minimum absolute atomic E-state index is 0.229. The van der Waals surface area contributed by atoms with Gasteiger partial charge in [0.1, 0.15) is 11.6 Å². The zero-order valence-corrected chi connectivity index (χ0v) is 14.1. The van der Waals surface area contributed by atoms with Gasteiger partial charge in [-0.1, -0.05) is 36.4 Å². The van der Waals surface area contributed by atoms with Gasteiger partial charge in [0.2, 0.25) is 0 Å². The minimum Gasteiger partial charge on any atom is -0.387 e. The first-order valence-corrected chi connectivity index (χ1v) is 8.59. The lowest BCUT2D eigenvalue weighted by molar-refractivity contribution is 0.0820. The fraction of sp³-hybridized carbons (Fsp3) is 0.400. The van der Waals surface area contributed by atoms with Gasteiger partial charge in [-0.05, 0) is 36.6 Å². The average Bonchev–Trinajstić information content (AvgIpc) is 3.03. The van der Waals surface area contributed by atoms with E-state index in [4.69, 9.17) is 4.74 Å². The van der Waals surface area contributed by atoms with Crippen molar-refractivity contribution in [2.24, 2.45) is 5.92 Å². The van der Waals surface area contributed by atoms with E-state index < -0.39 is 17.7 Å². The summed E-state index contributed by atoms with van der Waals surface area (Å²) in [5.41, 5.74) is 0.897. The van der Waals surface area contributed by atoms with Gasteiger partial charge >= 0.3 is 0 Å². The highest BCUT2D eigenvalue weighted by Crippen LogP contribution is 2.24. The van der Waals surface area contributed by atoms with E-state index in [2.05, 4.69) is 0 Å². The molecule has 0 aliphatic carbocycles. The molecule has 1 aliphatic heterocycles. The third-order valence-electron chi connectivity index (χ3n) is 4.60. The van der Waals surface area contributed by atoms with Crippen molar-refractivity contribution in [1.82, 2.24) is 4.90 Å². The summed E-state index contributed by atoms with van der Waals surface area (Å²) >= 11 is 0. The SMILES string of the molecule is OC(CN1CCC(COCc2ccccc2)C1)c1c(F)cccc1F. The Kier molecular flexibility index (Phi) is 6.13. The molecule has 3 nitrogen and oxygen atoms in total.